The maximum Gasteiger partial charge on any atom is 0.144 e. The second-order valence-corrected chi connectivity index (χ2v) is 32.5. The lowest BCUT2D eigenvalue weighted by atomic mass is 10.0. The molecule has 0 radical (unpaired) electrons. The standard InChI is InChI=1S/C21H14N2O.3C21H14N2S.C21H16N2/c2*1-13-22-18-11-4-2-8-16(18)20(23-13)17-10-6-9-15-14-7-3-5-12-19(14)24-21(15)17;1-13-22-18-8-4-2-7-17(18)21(23-13)14-10-11-16-15-6-3-5-9-19(15)24-20(16)12-14;1-13-22-18-8-4-2-7-16(18)21(23-13)14-10-11-20-17(12-14)15-6-3-5-9-19(15)24-20;1-15-22-20-10-6-5-9-19(20)21(23-15)18-13-11-17(12-14-18)16-7-3-2-4-8-16/h4*2-12H,1H3;2-14H,1H3. The number of nitrogens with zero attached hydrogens (tertiary/aromatic N) is 10. The molecule has 0 saturated heterocycles. The van der Waals surface area contributed by atoms with Crippen molar-refractivity contribution in [2.75, 3.05) is 0 Å². The van der Waals surface area contributed by atoms with Crippen LogP contribution in [-0.4, -0.2) is 49.8 Å². The molecular formula is C105H72N10OS3. The van der Waals surface area contributed by atoms with Gasteiger partial charge < -0.3 is 4.42 Å². The number of hydrogen-bond acceptors (Lipinski definition) is 14. The SMILES string of the molecule is Cc1nc(-c2ccc(-c3ccccc3)cc2)c2ccccc2n1.Cc1nc(-c2ccc3c(c2)sc2ccccc23)c2ccccc2n1.Cc1nc(-c2ccc3sc4ccccc4c3c2)c2ccccc2n1.Cc1nc(-c2cccc3c2oc2ccccc23)c2ccccc2n1.Cc1nc(-c2cccc3c2sc2ccccc23)c2ccccc2n1. The lowest BCUT2D eigenvalue weighted by Crippen LogP contribution is -1.94. The van der Waals surface area contributed by atoms with Gasteiger partial charge in [0.2, 0.25) is 0 Å². The van der Waals surface area contributed by atoms with Crippen LogP contribution in [0.4, 0.5) is 0 Å². The first kappa shape index (κ1) is 73.4. The Morgan fingerprint density at radius 2 is 0.521 bits per heavy atom. The van der Waals surface area contributed by atoms with Crippen LogP contribution in [0, 0.1) is 34.6 Å². The minimum absolute atomic E-state index is 0.761. The van der Waals surface area contributed by atoms with Crippen LogP contribution in [0.15, 0.2) is 350 Å². The molecule has 0 amide bonds. The number of thiophene rings is 3. The van der Waals surface area contributed by atoms with Crippen molar-refractivity contribution in [3.8, 4) is 67.4 Å². The first-order valence-electron chi connectivity index (χ1n) is 39.5. The first-order valence-corrected chi connectivity index (χ1v) is 41.9. The van der Waals surface area contributed by atoms with E-state index in [2.05, 4.69) is 273 Å². The third-order valence-electron chi connectivity index (χ3n) is 21.5. The summed E-state index contributed by atoms with van der Waals surface area (Å²) in [5.74, 6) is 3.98. The van der Waals surface area contributed by atoms with E-state index in [9.17, 15) is 0 Å². The van der Waals surface area contributed by atoms with Crippen molar-refractivity contribution in [2.45, 2.75) is 34.6 Å². The molecule has 0 saturated carbocycles. The Labute approximate surface area is 697 Å². The highest BCUT2D eigenvalue weighted by molar-refractivity contribution is 7.27. The highest BCUT2D eigenvalue weighted by atomic mass is 32.1. The lowest BCUT2D eigenvalue weighted by molar-refractivity contribution is 0.670. The molecule has 9 aromatic heterocycles. The van der Waals surface area contributed by atoms with E-state index in [-0.39, 0.29) is 0 Å². The molecule has 11 nitrogen and oxygen atoms in total. The van der Waals surface area contributed by atoms with Gasteiger partial charge in [-0.3, -0.25) is 0 Å². The molecule has 24 aromatic rings. The third kappa shape index (κ3) is 14.3. The van der Waals surface area contributed by atoms with E-state index in [0.717, 1.165) is 156 Å². The van der Waals surface area contributed by atoms with Gasteiger partial charge in [0.15, 0.2) is 0 Å². The Morgan fingerprint density at radius 3 is 1.05 bits per heavy atom. The van der Waals surface area contributed by atoms with Crippen molar-refractivity contribution < 1.29 is 4.42 Å². The maximum absolute atomic E-state index is 6.17. The average molecular weight is 1590 g/mol. The average Bonchev–Trinajstić information content (AvgIpc) is 1.65. The van der Waals surface area contributed by atoms with E-state index >= 15 is 0 Å². The molecule has 0 aliphatic heterocycles. The van der Waals surface area contributed by atoms with Gasteiger partial charge in [0.1, 0.15) is 40.3 Å². The summed E-state index contributed by atoms with van der Waals surface area (Å²) in [7, 11) is 0. The zero-order valence-corrected chi connectivity index (χ0v) is 68.0. The predicted octanol–water partition coefficient (Wildman–Crippen LogP) is 28.7. The van der Waals surface area contributed by atoms with Crippen molar-refractivity contribution >= 4 is 171 Å². The minimum atomic E-state index is 0.761. The molecule has 0 bridgehead atoms. The lowest BCUT2D eigenvalue weighted by Gasteiger charge is -2.08. The molecule has 0 aliphatic carbocycles. The molecule has 24 rings (SSSR count). The van der Waals surface area contributed by atoms with E-state index in [4.69, 9.17) is 24.4 Å². The summed E-state index contributed by atoms with van der Waals surface area (Å²) in [6.45, 7) is 9.73. The highest BCUT2D eigenvalue weighted by Gasteiger charge is 2.20. The third-order valence-corrected chi connectivity index (χ3v) is 25.0. The van der Waals surface area contributed by atoms with Crippen LogP contribution in [0.3, 0.4) is 0 Å². The molecule has 14 heteroatoms. The molecule has 9 heterocycles. The fourth-order valence-corrected chi connectivity index (χ4v) is 19.5. The van der Waals surface area contributed by atoms with Gasteiger partial charge in [0, 0.05) is 126 Å². The molecule has 0 spiro atoms. The fraction of sp³-hybridized carbons (Fsp3) is 0.0476. The molecule has 15 aromatic carbocycles. The van der Waals surface area contributed by atoms with Crippen LogP contribution < -0.4 is 0 Å². The molecule has 0 aliphatic rings. The van der Waals surface area contributed by atoms with Crippen molar-refractivity contribution in [3.05, 3.63) is 375 Å². The number of aryl methyl sites for hydroxylation is 5. The monoisotopic (exact) mass is 1580 g/mol. The van der Waals surface area contributed by atoms with Gasteiger partial charge in [0.25, 0.3) is 0 Å². The predicted molar refractivity (Wildman–Crippen MR) is 500 cm³/mol. The van der Waals surface area contributed by atoms with Crippen LogP contribution >= 0.6 is 34.0 Å². The number of benzene rings is 15. The van der Waals surface area contributed by atoms with Crippen LogP contribution in [0.25, 0.3) is 204 Å². The van der Waals surface area contributed by atoms with Crippen molar-refractivity contribution in [2.24, 2.45) is 0 Å². The summed E-state index contributed by atoms with van der Waals surface area (Å²) in [5.41, 5.74) is 19.7. The summed E-state index contributed by atoms with van der Waals surface area (Å²) in [4.78, 5) is 46.4. The Morgan fingerprint density at radius 1 is 0.193 bits per heavy atom. The van der Waals surface area contributed by atoms with Crippen molar-refractivity contribution in [1.82, 2.24) is 49.8 Å². The van der Waals surface area contributed by atoms with Crippen LogP contribution in [0.5, 0.6) is 0 Å². The van der Waals surface area contributed by atoms with Gasteiger partial charge in [-0.2, -0.15) is 0 Å². The Kier molecular flexibility index (Phi) is 19.5. The smallest absolute Gasteiger partial charge is 0.144 e. The van der Waals surface area contributed by atoms with E-state index in [1.165, 1.54) is 77.2 Å². The largest absolute Gasteiger partial charge is 0.455 e. The first-order chi connectivity index (χ1) is 58.5. The highest BCUT2D eigenvalue weighted by Crippen LogP contribution is 2.44. The van der Waals surface area contributed by atoms with Gasteiger partial charge >= 0.3 is 0 Å². The number of rotatable bonds is 6. The summed E-state index contributed by atoms with van der Waals surface area (Å²) in [6.07, 6.45) is 0. The van der Waals surface area contributed by atoms with Gasteiger partial charge in [-0.1, -0.05) is 267 Å². The zero-order valence-electron chi connectivity index (χ0n) is 65.5. The Bertz CT molecular complexity index is 7820. The fourth-order valence-electron chi connectivity index (χ4n) is 16.1. The number of furan rings is 1. The summed E-state index contributed by atoms with van der Waals surface area (Å²) >= 11 is 5.51. The Balaban J connectivity index is 0.0000000953. The molecule has 0 unspecified atom stereocenters. The molecule has 0 N–H and O–H groups in total. The molecule has 0 atom stereocenters. The van der Waals surface area contributed by atoms with E-state index in [0.29, 0.717) is 0 Å². The number of hydrogen-bond donors (Lipinski definition) is 0. The van der Waals surface area contributed by atoms with Gasteiger partial charge in [-0.25, -0.2) is 49.8 Å². The number of aromatic nitrogens is 10. The Hall–Kier alpha value is -14.5. The van der Waals surface area contributed by atoms with Gasteiger partial charge in [-0.15, -0.1) is 34.0 Å². The topological polar surface area (TPSA) is 142 Å². The summed E-state index contributed by atoms with van der Waals surface area (Å²) in [6, 6.07) is 120. The number of para-hydroxylation sites is 7. The zero-order chi connectivity index (χ0) is 80.0. The normalized spacial score (nSPS) is 11.4. The van der Waals surface area contributed by atoms with Crippen molar-refractivity contribution in [1.29, 1.82) is 0 Å². The molecule has 566 valence electrons. The van der Waals surface area contributed by atoms with Gasteiger partial charge in [-0.05, 0) is 125 Å². The maximum atomic E-state index is 6.17. The summed E-state index contributed by atoms with van der Waals surface area (Å²) < 4.78 is 14.0. The van der Waals surface area contributed by atoms with E-state index < -0.39 is 0 Å². The second-order valence-electron chi connectivity index (χ2n) is 29.3. The van der Waals surface area contributed by atoms with Crippen LogP contribution in [0.2, 0.25) is 0 Å². The van der Waals surface area contributed by atoms with Crippen molar-refractivity contribution in [3.63, 3.8) is 0 Å². The molecule has 0 fully saturated rings. The summed E-state index contributed by atoms with van der Waals surface area (Å²) in [5, 5.41) is 15.5. The second kappa shape index (κ2) is 31.6. The quantitative estimate of drug-likeness (QED) is 0.157. The van der Waals surface area contributed by atoms with Crippen LogP contribution in [0.1, 0.15) is 29.1 Å². The molecule has 119 heavy (non-hydrogen) atoms. The van der Waals surface area contributed by atoms with Crippen LogP contribution in [-0.2, 0) is 0 Å². The van der Waals surface area contributed by atoms with Gasteiger partial charge in [0.05, 0.1) is 56.1 Å². The molecular weight excluding hydrogens is 1510 g/mol. The van der Waals surface area contributed by atoms with E-state index in [1.807, 2.05) is 172 Å². The van der Waals surface area contributed by atoms with E-state index in [1.54, 1.807) is 0 Å². The number of fused-ring (bicyclic) bond motifs is 17. The minimum Gasteiger partial charge on any atom is -0.455 e.